The summed E-state index contributed by atoms with van der Waals surface area (Å²) in [4.78, 5) is 20.5. The Kier molecular flexibility index (Phi) is 9.03. The number of rotatable bonds is 6. The summed E-state index contributed by atoms with van der Waals surface area (Å²) in [5.74, 6) is 0.134. The van der Waals surface area contributed by atoms with Crippen LogP contribution in [-0.4, -0.2) is 11.1 Å². The summed E-state index contributed by atoms with van der Waals surface area (Å²) in [6, 6.07) is 22.5. The number of carbonyl (C=O) groups is 1. The monoisotopic (exact) mass is 640 g/mol. The van der Waals surface area contributed by atoms with Gasteiger partial charge in [0.1, 0.15) is 6.61 Å². The van der Waals surface area contributed by atoms with Crippen LogP contribution in [0.5, 0.6) is 5.75 Å². The van der Waals surface area contributed by atoms with Crippen molar-refractivity contribution in [1.82, 2.24) is 0 Å². The predicted octanol–water partition coefficient (Wildman–Crippen LogP) is 10.6. The van der Waals surface area contributed by atoms with Crippen molar-refractivity contribution in [2.24, 2.45) is 4.99 Å². The van der Waals surface area contributed by atoms with E-state index in [1.54, 1.807) is 30.3 Å². The SMILES string of the molecule is Cc1ccc(COc2c(Cl)cc(/C=C3/SC(=Nc4ccc(C)c(Cl)c4)N(c4ccc(C)c(Cl)c4)C3=O)cc2Cl)cc1. The van der Waals surface area contributed by atoms with Gasteiger partial charge in [-0.25, -0.2) is 4.99 Å². The van der Waals surface area contributed by atoms with E-state index in [1.165, 1.54) is 22.2 Å². The maximum atomic E-state index is 13.7. The van der Waals surface area contributed by atoms with Crippen LogP contribution in [0.25, 0.3) is 6.08 Å². The van der Waals surface area contributed by atoms with Gasteiger partial charge in [0.2, 0.25) is 0 Å². The number of ether oxygens (including phenoxy) is 1. The molecule has 1 fully saturated rings. The van der Waals surface area contributed by atoms with Crippen molar-refractivity contribution in [3.05, 3.63) is 126 Å². The number of anilines is 1. The third-order valence-corrected chi connectivity index (χ3v) is 8.77. The fourth-order valence-electron chi connectivity index (χ4n) is 4.05. The van der Waals surface area contributed by atoms with Crippen molar-refractivity contribution >= 4 is 86.7 Å². The molecule has 1 saturated heterocycles. The molecular formula is C32H24Cl4N2O2S. The highest BCUT2D eigenvalue weighted by molar-refractivity contribution is 8.19. The van der Waals surface area contributed by atoms with Gasteiger partial charge in [0, 0.05) is 10.0 Å². The molecule has 0 bridgehead atoms. The summed E-state index contributed by atoms with van der Waals surface area (Å²) in [6.45, 7) is 6.18. The molecule has 1 heterocycles. The quantitative estimate of drug-likeness (QED) is 0.197. The van der Waals surface area contributed by atoms with Crippen LogP contribution in [0.4, 0.5) is 11.4 Å². The average molecular weight is 642 g/mol. The fraction of sp³-hybridized carbons (Fsp3) is 0.125. The van der Waals surface area contributed by atoms with Crippen molar-refractivity contribution in [3.63, 3.8) is 0 Å². The second-order valence-electron chi connectivity index (χ2n) is 9.60. The molecule has 5 rings (SSSR count). The molecule has 4 aromatic rings. The minimum Gasteiger partial charge on any atom is -0.486 e. The van der Waals surface area contributed by atoms with Gasteiger partial charge in [-0.05, 0) is 97.3 Å². The van der Waals surface area contributed by atoms with Crippen LogP contribution in [0.2, 0.25) is 20.1 Å². The van der Waals surface area contributed by atoms with E-state index in [9.17, 15) is 4.79 Å². The highest BCUT2D eigenvalue weighted by Crippen LogP contribution is 2.41. The molecule has 4 nitrogen and oxygen atoms in total. The molecule has 0 unspecified atom stereocenters. The maximum absolute atomic E-state index is 13.7. The zero-order valence-electron chi connectivity index (χ0n) is 22.3. The van der Waals surface area contributed by atoms with Gasteiger partial charge in [-0.15, -0.1) is 0 Å². The summed E-state index contributed by atoms with van der Waals surface area (Å²) >= 11 is 27.1. The van der Waals surface area contributed by atoms with Gasteiger partial charge in [0.25, 0.3) is 5.91 Å². The zero-order chi connectivity index (χ0) is 29.3. The van der Waals surface area contributed by atoms with E-state index in [4.69, 9.17) is 56.1 Å². The summed E-state index contributed by atoms with van der Waals surface area (Å²) in [5, 5.41) is 2.30. The van der Waals surface area contributed by atoms with E-state index in [-0.39, 0.29) is 5.91 Å². The van der Waals surface area contributed by atoms with Gasteiger partial charge in [0.15, 0.2) is 10.9 Å². The topological polar surface area (TPSA) is 41.9 Å². The number of hydrogen-bond donors (Lipinski definition) is 0. The number of thioether (sulfide) groups is 1. The molecule has 1 amide bonds. The molecule has 0 aliphatic carbocycles. The molecule has 0 spiro atoms. The molecule has 1 aliphatic heterocycles. The van der Waals surface area contributed by atoms with Crippen molar-refractivity contribution < 1.29 is 9.53 Å². The molecular weight excluding hydrogens is 618 g/mol. The number of amides is 1. The lowest BCUT2D eigenvalue weighted by atomic mass is 10.1. The molecule has 9 heteroatoms. The first kappa shape index (κ1) is 29.6. The zero-order valence-corrected chi connectivity index (χ0v) is 26.2. The van der Waals surface area contributed by atoms with Gasteiger partial charge >= 0.3 is 0 Å². The predicted molar refractivity (Wildman–Crippen MR) is 174 cm³/mol. The summed E-state index contributed by atoms with van der Waals surface area (Å²) in [6.07, 6.45) is 1.74. The molecule has 208 valence electrons. The Morgan fingerprint density at radius 3 is 2.07 bits per heavy atom. The molecule has 41 heavy (non-hydrogen) atoms. The van der Waals surface area contributed by atoms with Gasteiger partial charge in [-0.3, -0.25) is 9.69 Å². The largest absolute Gasteiger partial charge is 0.486 e. The normalized spacial score (nSPS) is 15.3. The van der Waals surface area contributed by atoms with E-state index in [2.05, 4.69) is 0 Å². The van der Waals surface area contributed by atoms with Gasteiger partial charge < -0.3 is 4.74 Å². The molecule has 0 atom stereocenters. The number of carbonyl (C=O) groups excluding carboxylic acids is 1. The van der Waals surface area contributed by atoms with Crippen LogP contribution in [0.3, 0.4) is 0 Å². The van der Waals surface area contributed by atoms with Gasteiger partial charge in [-0.1, -0.05) is 88.4 Å². The second kappa shape index (κ2) is 12.5. The van der Waals surface area contributed by atoms with Gasteiger partial charge in [-0.2, -0.15) is 0 Å². The van der Waals surface area contributed by atoms with E-state index < -0.39 is 0 Å². The average Bonchev–Trinajstić information content (AvgIpc) is 3.22. The number of halogens is 4. The van der Waals surface area contributed by atoms with Crippen LogP contribution < -0.4 is 9.64 Å². The number of aliphatic imine (C=N–C) groups is 1. The van der Waals surface area contributed by atoms with Crippen LogP contribution in [0.15, 0.2) is 82.7 Å². The van der Waals surface area contributed by atoms with Crippen LogP contribution in [-0.2, 0) is 11.4 Å². The lowest BCUT2D eigenvalue weighted by molar-refractivity contribution is -0.113. The second-order valence-corrected chi connectivity index (χ2v) is 12.2. The van der Waals surface area contributed by atoms with Crippen molar-refractivity contribution in [2.75, 3.05) is 4.90 Å². The number of aryl methyl sites for hydroxylation is 3. The molecule has 4 aromatic carbocycles. The Labute approximate surface area is 263 Å². The molecule has 0 aromatic heterocycles. The highest BCUT2D eigenvalue weighted by Gasteiger charge is 2.35. The van der Waals surface area contributed by atoms with E-state index >= 15 is 0 Å². The van der Waals surface area contributed by atoms with Crippen LogP contribution in [0, 0.1) is 20.8 Å². The number of amidine groups is 1. The third-order valence-electron chi connectivity index (χ3n) is 6.42. The smallest absolute Gasteiger partial charge is 0.271 e. The summed E-state index contributed by atoms with van der Waals surface area (Å²) in [5.41, 5.74) is 5.90. The first-order valence-electron chi connectivity index (χ1n) is 12.6. The third kappa shape index (κ3) is 6.77. The van der Waals surface area contributed by atoms with E-state index in [0.29, 0.717) is 59.5 Å². The number of hydrogen-bond acceptors (Lipinski definition) is 4. The summed E-state index contributed by atoms with van der Waals surface area (Å²) in [7, 11) is 0. The number of benzene rings is 4. The minimum atomic E-state index is -0.251. The number of nitrogens with zero attached hydrogens (tertiary/aromatic N) is 2. The standard InChI is InChI=1S/C32H24Cl4N2O2S/c1-18-4-8-21(9-5-18)17-40-30-27(35)12-22(13-28(30)36)14-29-31(39)38(24-11-7-20(3)26(34)16-24)32(41-29)37-23-10-6-19(2)25(33)15-23/h4-16H,17H2,1-3H3/b29-14+,37-32?. The molecule has 0 radical (unpaired) electrons. The van der Waals surface area contributed by atoms with Crippen LogP contribution >= 0.6 is 58.2 Å². The molecule has 0 saturated carbocycles. The maximum Gasteiger partial charge on any atom is 0.271 e. The molecule has 0 N–H and O–H groups in total. The Morgan fingerprint density at radius 2 is 1.44 bits per heavy atom. The van der Waals surface area contributed by atoms with Crippen molar-refractivity contribution in [1.29, 1.82) is 0 Å². The summed E-state index contributed by atoms with van der Waals surface area (Å²) < 4.78 is 5.93. The lowest BCUT2D eigenvalue weighted by Crippen LogP contribution is -2.28. The Hall–Kier alpha value is -2.93. The van der Waals surface area contributed by atoms with E-state index in [1.807, 2.05) is 69.3 Å². The highest BCUT2D eigenvalue weighted by atomic mass is 35.5. The van der Waals surface area contributed by atoms with Crippen LogP contribution in [0.1, 0.15) is 27.8 Å². The molecule has 1 aliphatic rings. The first-order valence-corrected chi connectivity index (χ1v) is 14.9. The fourth-order valence-corrected chi connectivity index (χ4v) is 6.01. The Morgan fingerprint density at radius 1 is 0.805 bits per heavy atom. The van der Waals surface area contributed by atoms with E-state index in [0.717, 1.165) is 16.7 Å². The first-order chi connectivity index (χ1) is 19.6. The lowest BCUT2D eigenvalue weighted by Gasteiger charge is -2.16. The Bertz CT molecular complexity index is 1690. The van der Waals surface area contributed by atoms with Crippen molar-refractivity contribution in [3.8, 4) is 5.75 Å². The van der Waals surface area contributed by atoms with Crippen molar-refractivity contribution in [2.45, 2.75) is 27.4 Å². The minimum absolute atomic E-state index is 0.251. The van der Waals surface area contributed by atoms with Gasteiger partial charge in [0.05, 0.1) is 26.3 Å². The Balaban J connectivity index is 1.47.